The number of hydrogen-bond donors (Lipinski definition) is 3. The molecule has 0 saturated carbocycles. The first-order valence-electron chi connectivity index (χ1n) is 9.31. The second kappa shape index (κ2) is 10.4. The molecule has 4 N–H and O–H groups in total. The van der Waals surface area contributed by atoms with Gasteiger partial charge in [0.2, 0.25) is 0 Å². The van der Waals surface area contributed by atoms with Crippen molar-refractivity contribution in [3.8, 4) is 0 Å². The van der Waals surface area contributed by atoms with Crippen molar-refractivity contribution >= 4 is 29.0 Å². The van der Waals surface area contributed by atoms with E-state index in [1.165, 1.54) is 12.1 Å². The highest BCUT2D eigenvalue weighted by Gasteiger charge is 2.30. The van der Waals surface area contributed by atoms with Gasteiger partial charge >= 0.3 is 12.1 Å². The molecule has 0 atom stereocenters. The minimum atomic E-state index is -4.45. The number of aryl methyl sites for hydroxylation is 2. The molecule has 162 valence electrons. The van der Waals surface area contributed by atoms with Crippen LogP contribution in [0, 0.1) is 13.8 Å². The normalized spacial score (nSPS) is 11.1. The fourth-order valence-corrected chi connectivity index (χ4v) is 2.92. The van der Waals surface area contributed by atoms with E-state index in [4.69, 9.17) is 22.7 Å². The van der Waals surface area contributed by atoms with Crippen molar-refractivity contribution in [3.05, 3.63) is 64.2 Å². The zero-order valence-electron chi connectivity index (χ0n) is 16.7. The van der Waals surface area contributed by atoms with Gasteiger partial charge in [0.25, 0.3) is 0 Å². The number of alkyl halides is 3. The van der Waals surface area contributed by atoms with Gasteiger partial charge in [-0.05, 0) is 80.0 Å². The minimum absolute atomic E-state index is 0.254. The summed E-state index contributed by atoms with van der Waals surface area (Å²) in [6, 6.07) is 8.14. The van der Waals surface area contributed by atoms with Crippen LogP contribution < -0.4 is 16.4 Å². The largest absolute Gasteiger partial charge is 0.457 e. The Morgan fingerprint density at radius 1 is 1.17 bits per heavy atom. The number of esters is 1. The lowest BCUT2D eigenvalue weighted by molar-refractivity contribution is -0.137. The Hall–Kier alpha value is -2.65. The molecule has 0 radical (unpaired) electrons. The first-order chi connectivity index (χ1) is 14.1. The highest BCUT2D eigenvalue weighted by atomic mass is 32.1. The van der Waals surface area contributed by atoms with Gasteiger partial charge in [0.1, 0.15) is 6.61 Å². The molecular weight excluding hydrogens is 415 g/mol. The van der Waals surface area contributed by atoms with Crippen molar-refractivity contribution in [2.45, 2.75) is 33.1 Å². The quantitative estimate of drug-likeness (QED) is 0.339. The van der Waals surface area contributed by atoms with Gasteiger partial charge in [-0.15, -0.1) is 0 Å². The Morgan fingerprint density at radius 3 is 2.57 bits per heavy atom. The van der Waals surface area contributed by atoms with Gasteiger partial charge < -0.3 is 21.1 Å². The fraction of sp³-hybridized carbons (Fsp3) is 0.333. The van der Waals surface area contributed by atoms with E-state index in [1.807, 2.05) is 6.92 Å². The standard InChI is InChI=1S/C21H24F3N3O2S/c1-13-10-18(27-20(30)26-8-4-7-25)14(2)9-17(13)19(28)29-12-15-5-3-6-16(11-15)21(22,23)24/h3,5-6,9-11H,4,7-8,12,25H2,1-2H3,(H2,26,27,30). The van der Waals surface area contributed by atoms with Crippen molar-refractivity contribution in [2.24, 2.45) is 5.73 Å². The van der Waals surface area contributed by atoms with E-state index in [9.17, 15) is 18.0 Å². The van der Waals surface area contributed by atoms with E-state index in [-0.39, 0.29) is 12.2 Å². The molecule has 0 heterocycles. The molecule has 0 fully saturated rings. The Bertz CT molecular complexity index is 917. The maximum Gasteiger partial charge on any atom is 0.416 e. The summed E-state index contributed by atoms with van der Waals surface area (Å²) in [6.45, 7) is 4.52. The minimum Gasteiger partial charge on any atom is -0.457 e. The fourth-order valence-electron chi connectivity index (χ4n) is 2.71. The maximum atomic E-state index is 12.8. The number of nitrogens with one attached hydrogen (secondary N) is 2. The van der Waals surface area contributed by atoms with Crippen LogP contribution in [0.5, 0.6) is 0 Å². The number of anilines is 1. The lowest BCUT2D eigenvalue weighted by Crippen LogP contribution is -2.30. The predicted octanol–water partition coefficient (Wildman–Crippen LogP) is 4.31. The highest BCUT2D eigenvalue weighted by molar-refractivity contribution is 7.80. The molecule has 2 rings (SSSR count). The summed E-state index contributed by atoms with van der Waals surface area (Å²) in [6.07, 6.45) is -3.66. The van der Waals surface area contributed by atoms with Gasteiger partial charge in [-0.1, -0.05) is 12.1 Å². The second-order valence-electron chi connectivity index (χ2n) is 6.78. The van der Waals surface area contributed by atoms with E-state index >= 15 is 0 Å². The van der Waals surface area contributed by atoms with Gasteiger partial charge in [-0.3, -0.25) is 0 Å². The summed E-state index contributed by atoms with van der Waals surface area (Å²) < 4.78 is 43.7. The molecule has 0 unspecified atom stereocenters. The molecule has 30 heavy (non-hydrogen) atoms. The zero-order valence-corrected chi connectivity index (χ0v) is 17.5. The maximum absolute atomic E-state index is 12.8. The van der Waals surface area contributed by atoms with Crippen LogP contribution in [0.15, 0.2) is 36.4 Å². The lowest BCUT2D eigenvalue weighted by Gasteiger charge is -2.15. The summed E-state index contributed by atoms with van der Waals surface area (Å²) in [5.74, 6) is -0.608. The van der Waals surface area contributed by atoms with Gasteiger partial charge in [-0.25, -0.2) is 4.79 Å². The molecule has 0 aromatic heterocycles. The van der Waals surface area contributed by atoms with E-state index in [0.717, 1.165) is 29.8 Å². The van der Waals surface area contributed by atoms with Gasteiger partial charge in [0.15, 0.2) is 5.11 Å². The lowest BCUT2D eigenvalue weighted by atomic mass is 10.0. The molecule has 0 aliphatic rings. The van der Waals surface area contributed by atoms with Gasteiger partial charge in [0.05, 0.1) is 11.1 Å². The number of carbonyl (C=O) groups excluding carboxylic acids is 1. The number of hydrogen-bond acceptors (Lipinski definition) is 4. The summed E-state index contributed by atoms with van der Waals surface area (Å²) in [5, 5.41) is 6.56. The zero-order chi connectivity index (χ0) is 22.3. The molecule has 0 aliphatic heterocycles. The van der Waals surface area contributed by atoms with Crippen LogP contribution in [0.4, 0.5) is 18.9 Å². The first-order valence-corrected chi connectivity index (χ1v) is 9.72. The molecule has 0 saturated heterocycles. The van der Waals surface area contributed by atoms with Gasteiger partial charge in [-0.2, -0.15) is 13.2 Å². The number of thiocarbonyl (C=S) groups is 1. The third-order valence-corrected chi connectivity index (χ3v) is 4.58. The van der Waals surface area contributed by atoms with Gasteiger partial charge in [0, 0.05) is 12.2 Å². The summed E-state index contributed by atoms with van der Waals surface area (Å²) in [5.41, 5.74) is 7.44. The molecular formula is C21H24F3N3O2S. The van der Waals surface area contributed by atoms with Crippen LogP contribution in [-0.4, -0.2) is 24.2 Å². The van der Waals surface area contributed by atoms with Crippen molar-refractivity contribution in [3.63, 3.8) is 0 Å². The monoisotopic (exact) mass is 439 g/mol. The second-order valence-corrected chi connectivity index (χ2v) is 7.19. The third-order valence-electron chi connectivity index (χ3n) is 4.33. The van der Waals surface area contributed by atoms with Crippen molar-refractivity contribution in [1.29, 1.82) is 0 Å². The van der Waals surface area contributed by atoms with Crippen LogP contribution >= 0.6 is 12.2 Å². The number of ether oxygens (including phenoxy) is 1. The number of benzene rings is 2. The molecule has 9 heteroatoms. The average molecular weight is 440 g/mol. The average Bonchev–Trinajstić information content (AvgIpc) is 2.68. The Balaban J connectivity index is 2.04. The molecule has 0 bridgehead atoms. The smallest absolute Gasteiger partial charge is 0.416 e. The van der Waals surface area contributed by atoms with Crippen LogP contribution in [0.2, 0.25) is 0 Å². The van der Waals surface area contributed by atoms with Crippen molar-refractivity contribution < 1.29 is 22.7 Å². The topological polar surface area (TPSA) is 76.4 Å². The molecule has 0 amide bonds. The van der Waals surface area contributed by atoms with E-state index in [0.29, 0.717) is 29.3 Å². The number of halogens is 3. The van der Waals surface area contributed by atoms with E-state index in [1.54, 1.807) is 19.1 Å². The van der Waals surface area contributed by atoms with E-state index in [2.05, 4.69) is 10.6 Å². The Morgan fingerprint density at radius 2 is 1.90 bits per heavy atom. The molecule has 0 aliphatic carbocycles. The van der Waals surface area contributed by atoms with Crippen LogP contribution in [0.1, 0.15) is 39.0 Å². The molecule has 2 aromatic rings. The van der Waals surface area contributed by atoms with E-state index < -0.39 is 17.7 Å². The van der Waals surface area contributed by atoms with Crippen molar-refractivity contribution in [1.82, 2.24) is 5.32 Å². The SMILES string of the molecule is Cc1cc(C(=O)OCc2cccc(C(F)(F)F)c2)c(C)cc1NC(=S)NCCCN. The summed E-state index contributed by atoms with van der Waals surface area (Å²) in [7, 11) is 0. The van der Waals surface area contributed by atoms with Crippen LogP contribution in [0.3, 0.4) is 0 Å². The molecule has 0 spiro atoms. The first kappa shape index (κ1) is 23.6. The number of nitrogens with two attached hydrogens (primary N) is 1. The summed E-state index contributed by atoms with van der Waals surface area (Å²) in [4.78, 5) is 12.5. The number of carbonyl (C=O) groups is 1. The molecule has 2 aromatic carbocycles. The highest BCUT2D eigenvalue weighted by Crippen LogP contribution is 2.29. The number of rotatable bonds is 7. The Kier molecular flexibility index (Phi) is 8.19. The van der Waals surface area contributed by atoms with Crippen molar-refractivity contribution in [2.75, 3.05) is 18.4 Å². The Labute approximate surface area is 178 Å². The van der Waals surface area contributed by atoms with Crippen LogP contribution in [0.25, 0.3) is 0 Å². The predicted molar refractivity (Wildman–Crippen MR) is 114 cm³/mol. The summed E-state index contributed by atoms with van der Waals surface area (Å²) >= 11 is 5.23. The third kappa shape index (κ3) is 6.70. The van der Waals surface area contributed by atoms with Crippen LogP contribution in [-0.2, 0) is 17.5 Å². The molecule has 5 nitrogen and oxygen atoms in total.